The van der Waals surface area contributed by atoms with Gasteiger partial charge in [0.1, 0.15) is 0 Å². The highest BCUT2D eigenvalue weighted by molar-refractivity contribution is 5.88. The molecule has 1 fully saturated rings. The third-order valence-electron chi connectivity index (χ3n) is 3.13. The Hall–Kier alpha value is -1.65. The Labute approximate surface area is 94.1 Å². The van der Waals surface area contributed by atoms with Crippen LogP contribution in [0.1, 0.15) is 35.3 Å². The van der Waals surface area contributed by atoms with Crippen molar-refractivity contribution in [1.82, 2.24) is 9.97 Å². The second-order valence-electron chi connectivity index (χ2n) is 4.17. The molecule has 0 atom stereocenters. The van der Waals surface area contributed by atoms with Crippen molar-refractivity contribution in [2.75, 3.05) is 11.9 Å². The van der Waals surface area contributed by atoms with Crippen LogP contribution >= 0.6 is 0 Å². The molecule has 0 aromatic carbocycles. The van der Waals surface area contributed by atoms with Crippen LogP contribution < -0.4 is 4.90 Å². The second-order valence-corrected chi connectivity index (χ2v) is 4.17. The molecule has 2 rings (SSSR count). The maximum absolute atomic E-state index is 10.8. The summed E-state index contributed by atoms with van der Waals surface area (Å²) in [6, 6.07) is 0.509. The van der Waals surface area contributed by atoms with Gasteiger partial charge in [-0.2, -0.15) is 0 Å². The summed E-state index contributed by atoms with van der Waals surface area (Å²) < 4.78 is 0. The average molecular weight is 221 g/mol. The fraction of sp³-hybridized carbons (Fsp3) is 0.545. The predicted octanol–water partition coefficient (Wildman–Crippen LogP) is 1.47. The largest absolute Gasteiger partial charge is 0.478 e. The summed E-state index contributed by atoms with van der Waals surface area (Å²) in [6.07, 6.45) is 4.97. The molecule has 1 aliphatic rings. The number of carbonyl (C=O) groups is 1. The summed E-state index contributed by atoms with van der Waals surface area (Å²) >= 11 is 0. The van der Waals surface area contributed by atoms with Crippen LogP contribution in [0, 0.1) is 6.92 Å². The van der Waals surface area contributed by atoms with Gasteiger partial charge in [-0.25, -0.2) is 14.8 Å². The Kier molecular flexibility index (Phi) is 2.77. The van der Waals surface area contributed by atoms with Crippen molar-refractivity contribution in [2.24, 2.45) is 0 Å². The molecular weight excluding hydrogens is 206 g/mol. The number of carboxylic acids is 1. The molecule has 1 aromatic heterocycles. The van der Waals surface area contributed by atoms with Crippen LogP contribution in [0.2, 0.25) is 0 Å². The van der Waals surface area contributed by atoms with E-state index in [1.807, 2.05) is 11.9 Å². The molecule has 0 saturated heterocycles. The van der Waals surface area contributed by atoms with Crippen LogP contribution in [0.25, 0.3) is 0 Å². The van der Waals surface area contributed by atoms with Gasteiger partial charge in [-0.3, -0.25) is 0 Å². The zero-order valence-corrected chi connectivity index (χ0v) is 9.47. The third-order valence-corrected chi connectivity index (χ3v) is 3.13. The Balaban J connectivity index is 2.22. The molecule has 0 aliphatic heterocycles. The third kappa shape index (κ3) is 1.85. The van der Waals surface area contributed by atoms with Crippen molar-refractivity contribution in [3.05, 3.63) is 17.5 Å². The molecule has 1 saturated carbocycles. The van der Waals surface area contributed by atoms with Gasteiger partial charge < -0.3 is 10.0 Å². The van der Waals surface area contributed by atoms with Gasteiger partial charge in [0, 0.05) is 19.3 Å². The highest BCUT2D eigenvalue weighted by Gasteiger charge is 2.24. The topological polar surface area (TPSA) is 66.3 Å². The maximum Gasteiger partial charge on any atom is 0.339 e. The number of rotatable bonds is 3. The SMILES string of the molecule is Cc1nc(N(C)C2CCC2)ncc1C(=O)O. The van der Waals surface area contributed by atoms with E-state index in [4.69, 9.17) is 5.11 Å². The molecule has 5 nitrogen and oxygen atoms in total. The van der Waals surface area contributed by atoms with E-state index in [1.165, 1.54) is 25.5 Å². The van der Waals surface area contributed by atoms with Crippen LogP contribution in [-0.2, 0) is 0 Å². The highest BCUT2D eigenvalue weighted by Crippen LogP contribution is 2.26. The molecule has 86 valence electrons. The van der Waals surface area contributed by atoms with Gasteiger partial charge in [0.25, 0.3) is 0 Å². The normalized spacial score (nSPS) is 15.6. The summed E-state index contributed by atoms with van der Waals surface area (Å²) in [5, 5.41) is 8.87. The van der Waals surface area contributed by atoms with E-state index in [0.717, 1.165) is 0 Å². The van der Waals surface area contributed by atoms with E-state index < -0.39 is 5.97 Å². The zero-order chi connectivity index (χ0) is 11.7. The molecular formula is C11H15N3O2. The quantitative estimate of drug-likeness (QED) is 0.837. The first-order valence-electron chi connectivity index (χ1n) is 5.39. The summed E-state index contributed by atoms with van der Waals surface area (Å²) in [6.45, 7) is 1.70. The number of carboxylic acid groups (broad SMARTS) is 1. The molecule has 0 amide bonds. The number of aromatic carboxylic acids is 1. The Morgan fingerprint density at radius 1 is 1.56 bits per heavy atom. The monoisotopic (exact) mass is 221 g/mol. The average Bonchev–Trinajstić information content (AvgIpc) is 2.14. The van der Waals surface area contributed by atoms with Gasteiger partial charge in [0.05, 0.1) is 11.3 Å². The number of aryl methyl sites for hydroxylation is 1. The Morgan fingerprint density at radius 3 is 2.69 bits per heavy atom. The van der Waals surface area contributed by atoms with Crippen LogP contribution in [0.15, 0.2) is 6.20 Å². The number of nitrogens with zero attached hydrogens (tertiary/aromatic N) is 3. The van der Waals surface area contributed by atoms with Crippen molar-refractivity contribution in [2.45, 2.75) is 32.2 Å². The fourth-order valence-corrected chi connectivity index (χ4v) is 1.77. The van der Waals surface area contributed by atoms with Crippen molar-refractivity contribution in [3.63, 3.8) is 0 Å². The number of hydrogen-bond donors (Lipinski definition) is 1. The summed E-state index contributed by atoms with van der Waals surface area (Å²) in [5.41, 5.74) is 0.689. The van der Waals surface area contributed by atoms with Crippen LogP contribution in [0.3, 0.4) is 0 Å². The fourth-order valence-electron chi connectivity index (χ4n) is 1.77. The van der Waals surface area contributed by atoms with Crippen LogP contribution in [0.5, 0.6) is 0 Å². The van der Waals surface area contributed by atoms with Crippen LogP contribution in [-0.4, -0.2) is 34.1 Å². The predicted molar refractivity (Wildman–Crippen MR) is 59.8 cm³/mol. The minimum absolute atomic E-state index is 0.172. The van der Waals surface area contributed by atoms with Gasteiger partial charge in [0.15, 0.2) is 0 Å². The smallest absolute Gasteiger partial charge is 0.339 e. The molecule has 1 aromatic rings. The molecule has 1 aliphatic carbocycles. The van der Waals surface area contributed by atoms with Crippen molar-refractivity contribution in [1.29, 1.82) is 0 Å². The van der Waals surface area contributed by atoms with Crippen molar-refractivity contribution >= 4 is 11.9 Å². The van der Waals surface area contributed by atoms with Gasteiger partial charge >= 0.3 is 5.97 Å². The van der Waals surface area contributed by atoms with E-state index in [0.29, 0.717) is 17.7 Å². The standard InChI is InChI=1S/C11H15N3O2/c1-7-9(10(15)16)6-12-11(13-7)14(2)8-4-3-5-8/h6,8H,3-5H2,1-2H3,(H,15,16). The lowest BCUT2D eigenvalue weighted by molar-refractivity contribution is 0.0695. The first-order valence-corrected chi connectivity index (χ1v) is 5.39. The lowest BCUT2D eigenvalue weighted by Gasteiger charge is -2.34. The van der Waals surface area contributed by atoms with Crippen LogP contribution in [0.4, 0.5) is 5.95 Å². The number of anilines is 1. The summed E-state index contributed by atoms with van der Waals surface area (Å²) in [4.78, 5) is 21.2. The number of hydrogen-bond acceptors (Lipinski definition) is 4. The number of aromatic nitrogens is 2. The summed E-state index contributed by atoms with van der Waals surface area (Å²) in [7, 11) is 1.96. The van der Waals surface area contributed by atoms with Crippen molar-refractivity contribution < 1.29 is 9.90 Å². The first kappa shape index (κ1) is 10.9. The van der Waals surface area contributed by atoms with Gasteiger partial charge in [0.2, 0.25) is 5.95 Å². The van der Waals surface area contributed by atoms with Gasteiger partial charge in [-0.1, -0.05) is 0 Å². The lowest BCUT2D eigenvalue weighted by Crippen LogP contribution is -2.38. The van der Waals surface area contributed by atoms with E-state index in [1.54, 1.807) is 6.92 Å². The van der Waals surface area contributed by atoms with E-state index in [9.17, 15) is 4.79 Å². The molecule has 16 heavy (non-hydrogen) atoms. The first-order chi connectivity index (χ1) is 7.59. The van der Waals surface area contributed by atoms with Gasteiger partial charge in [-0.05, 0) is 26.2 Å². The van der Waals surface area contributed by atoms with Crippen molar-refractivity contribution in [3.8, 4) is 0 Å². The highest BCUT2D eigenvalue weighted by atomic mass is 16.4. The zero-order valence-electron chi connectivity index (χ0n) is 9.47. The summed E-state index contributed by atoms with van der Waals surface area (Å²) in [5.74, 6) is -0.359. The molecule has 5 heteroatoms. The molecule has 1 heterocycles. The van der Waals surface area contributed by atoms with Gasteiger partial charge in [-0.15, -0.1) is 0 Å². The van der Waals surface area contributed by atoms with E-state index in [-0.39, 0.29) is 5.56 Å². The molecule has 0 radical (unpaired) electrons. The molecule has 0 spiro atoms. The minimum Gasteiger partial charge on any atom is -0.478 e. The molecule has 0 bridgehead atoms. The lowest BCUT2D eigenvalue weighted by atomic mass is 9.92. The molecule has 1 N–H and O–H groups in total. The molecule has 0 unspecified atom stereocenters. The maximum atomic E-state index is 10.8. The van der Waals surface area contributed by atoms with E-state index in [2.05, 4.69) is 9.97 Å². The minimum atomic E-state index is -0.977. The Bertz CT molecular complexity index is 416. The second kappa shape index (κ2) is 4.08. The van der Waals surface area contributed by atoms with E-state index >= 15 is 0 Å². The Morgan fingerprint density at radius 2 is 2.25 bits per heavy atom.